The van der Waals surface area contributed by atoms with Crippen LogP contribution in [0.25, 0.3) is 0 Å². The summed E-state index contributed by atoms with van der Waals surface area (Å²) in [5.74, 6) is 1.01. The highest BCUT2D eigenvalue weighted by Crippen LogP contribution is 2.27. The number of hydrogen-bond acceptors (Lipinski definition) is 3. The van der Waals surface area contributed by atoms with E-state index in [-0.39, 0.29) is 11.9 Å². The Hall–Kier alpha value is -2.49. The van der Waals surface area contributed by atoms with Gasteiger partial charge in [-0.25, -0.2) is 0 Å². The lowest BCUT2D eigenvalue weighted by Gasteiger charge is -2.21. The Morgan fingerprint density at radius 1 is 0.960 bits per heavy atom. The van der Waals surface area contributed by atoms with Crippen molar-refractivity contribution in [3.05, 3.63) is 58.7 Å². The monoisotopic (exact) mass is 341 g/mol. The van der Waals surface area contributed by atoms with Gasteiger partial charge in [0.05, 0.1) is 13.2 Å². The van der Waals surface area contributed by atoms with Crippen LogP contribution in [0.1, 0.15) is 42.1 Å². The number of hydrogen-bond donors (Lipinski definition) is 1. The Bertz CT molecular complexity index is 755. The van der Waals surface area contributed by atoms with Crippen molar-refractivity contribution in [1.82, 2.24) is 5.32 Å². The SMILES string of the molecule is COc1ccccc1O[C@@H](C)C(=O)N[C@@H](C)c1cc(C)c(C)cc1C. The molecule has 0 aliphatic heterocycles. The summed E-state index contributed by atoms with van der Waals surface area (Å²) in [6, 6.07) is 11.5. The minimum absolute atomic E-state index is 0.0875. The van der Waals surface area contributed by atoms with Gasteiger partial charge in [0.1, 0.15) is 0 Å². The Balaban J connectivity index is 2.07. The lowest BCUT2D eigenvalue weighted by atomic mass is 9.96. The van der Waals surface area contributed by atoms with Crippen molar-refractivity contribution in [3.63, 3.8) is 0 Å². The lowest BCUT2D eigenvalue weighted by molar-refractivity contribution is -0.127. The number of carbonyl (C=O) groups is 1. The standard InChI is InChI=1S/C21H27NO3/c1-13-11-15(3)18(12-14(13)2)16(4)22-21(23)17(5)25-20-10-8-7-9-19(20)24-6/h7-12,16-17H,1-6H3,(H,22,23)/t16-,17-/m0/s1. The van der Waals surface area contributed by atoms with E-state index in [1.54, 1.807) is 26.2 Å². The Kier molecular flexibility index (Phi) is 6.07. The van der Waals surface area contributed by atoms with Crippen molar-refractivity contribution in [2.75, 3.05) is 7.11 Å². The van der Waals surface area contributed by atoms with Crippen LogP contribution in [-0.4, -0.2) is 19.1 Å². The molecule has 4 heteroatoms. The van der Waals surface area contributed by atoms with Crippen LogP contribution >= 0.6 is 0 Å². The van der Waals surface area contributed by atoms with Gasteiger partial charge < -0.3 is 14.8 Å². The molecule has 0 spiro atoms. The van der Waals surface area contributed by atoms with E-state index in [2.05, 4.69) is 38.2 Å². The first-order valence-electron chi connectivity index (χ1n) is 8.51. The number of carbonyl (C=O) groups excluding carboxylic acids is 1. The van der Waals surface area contributed by atoms with Crippen molar-refractivity contribution in [1.29, 1.82) is 0 Å². The van der Waals surface area contributed by atoms with E-state index in [1.807, 2.05) is 19.1 Å². The van der Waals surface area contributed by atoms with E-state index in [0.29, 0.717) is 11.5 Å². The van der Waals surface area contributed by atoms with Gasteiger partial charge in [-0.1, -0.05) is 24.3 Å². The zero-order valence-electron chi connectivity index (χ0n) is 15.8. The normalized spacial score (nSPS) is 13.0. The van der Waals surface area contributed by atoms with Gasteiger partial charge in [0.15, 0.2) is 17.6 Å². The predicted octanol–water partition coefficient (Wildman–Crippen LogP) is 4.27. The van der Waals surface area contributed by atoms with Gasteiger partial charge in [0, 0.05) is 0 Å². The van der Waals surface area contributed by atoms with E-state index in [1.165, 1.54) is 16.7 Å². The number of nitrogens with one attached hydrogen (secondary N) is 1. The van der Waals surface area contributed by atoms with Gasteiger partial charge >= 0.3 is 0 Å². The Labute approximate surface area is 150 Å². The first-order valence-corrected chi connectivity index (χ1v) is 8.51. The highest BCUT2D eigenvalue weighted by molar-refractivity contribution is 5.81. The van der Waals surface area contributed by atoms with Crippen LogP contribution < -0.4 is 14.8 Å². The van der Waals surface area contributed by atoms with Crippen LogP contribution in [0.5, 0.6) is 11.5 Å². The zero-order chi connectivity index (χ0) is 18.6. The third-order valence-corrected chi connectivity index (χ3v) is 4.45. The molecule has 1 N–H and O–H groups in total. The second-order valence-electron chi connectivity index (χ2n) is 6.43. The molecule has 0 saturated carbocycles. The van der Waals surface area contributed by atoms with E-state index in [4.69, 9.17) is 9.47 Å². The summed E-state index contributed by atoms with van der Waals surface area (Å²) < 4.78 is 11.0. The largest absolute Gasteiger partial charge is 0.493 e. The molecule has 2 atom stereocenters. The number of amides is 1. The quantitative estimate of drug-likeness (QED) is 0.854. The van der Waals surface area contributed by atoms with Gasteiger partial charge in [0.25, 0.3) is 5.91 Å². The molecule has 0 saturated heterocycles. The Morgan fingerprint density at radius 3 is 2.20 bits per heavy atom. The minimum atomic E-state index is -0.620. The highest BCUT2D eigenvalue weighted by atomic mass is 16.5. The molecule has 0 aliphatic rings. The fraction of sp³-hybridized carbons (Fsp3) is 0.381. The molecule has 0 unspecified atom stereocenters. The van der Waals surface area contributed by atoms with Crippen LogP contribution in [0.3, 0.4) is 0 Å². The first kappa shape index (κ1) is 18.8. The maximum Gasteiger partial charge on any atom is 0.261 e. The molecule has 2 rings (SSSR count). The third kappa shape index (κ3) is 4.53. The number of rotatable bonds is 6. The van der Waals surface area contributed by atoms with E-state index < -0.39 is 6.10 Å². The topological polar surface area (TPSA) is 47.6 Å². The van der Waals surface area contributed by atoms with Crippen LogP contribution in [0.4, 0.5) is 0 Å². The molecule has 0 heterocycles. The summed E-state index contributed by atoms with van der Waals surface area (Å²) >= 11 is 0. The van der Waals surface area contributed by atoms with Gasteiger partial charge in [-0.15, -0.1) is 0 Å². The summed E-state index contributed by atoms with van der Waals surface area (Å²) in [5, 5.41) is 3.04. The zero-order valence-corrected chi connectivity index (χ0v) is 15.8. The lowest BCUT2D eigenvalue weighted by Crippen LogP contribution is -2.38. The molecular formula is C21H27NO3. The first-order chi connectivity index (χ1) is 11.8. The Morgan fingerprint density at radius 2 is 1.56 bits per heavy atom. The summed E-state index contributed by atoms with van der Waals surface area (Å²) in [6.45, 7) is 9.98. The van der Waals surface area contributed by atoms with Crippen molar-refractivity contribution in [2.24, 2.45) is 0 Å². The fourth-order valence-electron chi connectivity index (χ4n) is 2.82. The summed E-state index contributed by atoms with van der Waals surface area (Å²) in [4.78, 5) is 12.5. The molecule has 0 fully saturated rings. The maximum absolute atomic E-state index is 12.5. The number of para-hydroxylation sites is 2. The average Bonchev–Trinajstić information content (AvgIpc) is 2.58. The smallest absolute Gasteiger partial charge is 0.261 e. The van der Waals surface area contributed by atoms with Gasteiger partial charge in [-0.3, -0.25) is 4.79 Å². The number of aryl methyl sites for hydroxylation is 3. The minimum Gasteiger partial charge on any atom is -0.493 e. The highest BCUT2D eigenvalue weighted by Gasteiger charge is 2.20. The molecule has 0 aliphatic carbocycles. The van der Waals surface area contributed by atoms with Gasteiger partial charge in [-0.05, 0) is 69.0 Å². The number of methoxy groups -OCH3 is 1. The van der Waals surface area contributed by atoms with Gasteiger partial charge in [-0.2, -0.15) is 0 Å². The van der Waals surface area contributed by atoms with Crippen molar-refractivity contribution in [2.45, 2.75) is 46.8 Å². The fourth-order valence-corrected chi connectivity index (χ4v) is 2.82. The average molecular weight is 341 g/mol. The van der Waals surface area contributed by atoms with Crippen LogP contribution in [-0.2, 0) is 4.79 Å². The number of benzene rings is 2. The molecule has 2 aromatic rings. The molecule has 0 bridgehead atoms. The molecule has 25 heavy (non-hydrogen) atoms. The van der Waals surface area contributed by atoms with E-state index in [9.17, 15) is 4.79 Å². The number of ether oxygens (including phenoxy) is 2. The van der Waals surface area contributed by atoms with E-state index in [0.717, 1.165) is 5.56 Å². The molecule has 0 aromatic heterocycles. The second-order valence-corrected chi connectivity index (χ2v) is 6.43. The molecule has 134 valence electrons. The van der Waals surface area contributed by atoms with Gasteiger partial charge in [0.2, 0.25) is 0 Å². The predicted molar refractivity (Wildman–Crippen MR) is 100 cm³/mol. The van der Waals surface area contributed by atoms with Crippen molar-refractivity contribution < 1.29 is 14.3 Å². The maximum atomic E-state index is 12.5. The third-order valence-electron chi connectivity index (χ3n) is 4.45. The summed E-state index contributed by atoms with van der Waals surface area (Å²) in [7, 11) is 1.58. The molecule has 4 nitrogen and oxygen atoms in total. The van der Waals surface area contributed by atoms with Crippen LogP contribution in [0.2, 0.25) is 0 Å². The molecule has 1 amide bonds. The molecule has 2 aromatic carbocycles. The van der Waals surface area contributed by atoms with Crippen molar-refractivity contribution >= 4 is 5.91 Å². The van der Waals surface area contributed by atoms with Crippen LogP contribution in [0.15, 0.2) is 36.4 Å². The van der Waals surface area contributed by atoms with Crippen molar-refractivity contribution in [3.8, 4) is 11.5 Å². The molecule has 0 radical (unpaired) electrons. The molecular weight excluding hydrogens is 314 g/mol. The second kappa shape index (κ2) is 8.06. The van der Waals surface area contributed by atoms with E-state index >= 15 is 0 Å². The summed E-state index contributed by atoms with van der Waals surface area (Å²) in [5.41, 5.74) is 4.78. The van der Waals surface area contributed by atoms with Crippen LogP contribution in [0, 0.1) is 20.8 Å². The summed E-state index contributed by atoms with van der Waals surface area (Å²) in [6.07, 6.45) is -0.620.